The summed E-state index contributed by atoms with van der Waals surface area (Å²) in [6.45, 7) is 9.45. The van der Waals surface area contributed by atoms with Crippen LogP contribution in [0.2, 0.25) is 0 Å². The van der Waals surface area contributed by atoms with Gasteiger partial charge in [-0.15, -0.1) is 0 Å². The Labute approximate surface area is 167 Å². The highest BCUT2D eigenvalue weighted by atomic mass is 16.6. The first-order chi connectivity index (χ1) is 13.1. The number of alkyl carbamates (subject to hydrolysis) is 1. The molecule has 7 heteroatoms. The van der Waals surface area contributed by atoms with Crippen LogP contribution in [0.3, 0.4) is 0 Å². The summed E-state index contributed by atoms with van der Waals surface area (Å²) < 4.78 is 10.1. The van der Waals surface area contributed by atoms with Crippen molar-refractivity contribution >= 4 is 23.7 Å². The van der Waals surface area contributed by atoms with Crippen LogP contribution in [0.25, 0.3) is 0 Å². The van der Waals surface area contributed by atoms with Gasteiger partial charge < -0.3 is 20.1 Å². The summed E-state index contributed by atoms with van der Waals surface area (Å²) >= 11 is 0. The molecule has 0 radical (unpaired) electrons. The Morgan fingerprint density at radius 3 is 2.46 bits per heavy atom. The van der Waals surface area contributed by atoms with Crippen LogP contribution in [0.15, 0.2) is 24.3 Å². The highest BCUT2D eigenvalue weighted by molar-refractivity contribution is 5.93. The molecule has 156 valence electrons. The van der Waals surface area contributed by atoms with Gasteiger partial charge in [0.1, 0.15) is 5.60 Å². The van der Waals surface area contributed by atoms with Crippen LogP contribution in [0.4, 0.5) is 10.5 Å². The minimum atomic E-state index is -0.566. The van der Waals surface area contributed by atoms with Crippen LogP contribution in [0, 0.1) is 0 Å². The highest BCUT2D eigenvalue weighted by Crippen LogP contribution is 2.26. The van der Waals surface area contributed by atoms with Crippen molar-refractivity contribution in [2.75, 3.05) is 18.5 Å². The number of anilines is 1. The molecular weight excluding hydrogens is 360 g/mol. The molecule has 0 spiro atoms. The third kappa shape index (κ3) is 9.39. The summed E-state index contributed by atoms with van der Waals surface area (Å²) in [4.78, 5) is 35.3. The van der Waals surface area contributed by atoms with Gasteiger partial charge in [0.2, 0.25) is 0 Å². The van der Waals surface area contributed by atoms with Gasteiger partial charge in [-0.3, -0.25) is 9.59 Å². The summed E-state index contributed by atoms with van der Waals surface area (Å²) in [6.07, 6.45) is 0.933. The molecule has 0 saturated heterocycles. The molecule has 0 aliphatic heterocycles. The van der Waals surface area contributed by atoms with Gasteiger partial charge in [0.15, 0.2) is 6.61 Å². The Morgan fingerprint density at radius 1 is 1.14 bits per heavy atom. The second kappa shape index (κ2) is 11.3. The minimum Gasteiger partial charge on any atom is -0.456 e. The van der Waals surface area contributed by atoms with Crippen molar-refractivity contribution < 1.29 is 23.9 Å². The molecule has 7 nitrogen and oxygen atoms in total. The van der Waals surface area contributed by atoms with E-state index < -0.39 is 17.7 Å². The average Bonchev–Trinajstić information content (AvgIpc) is 2.62. The zero-order valence-corrected chi connectivity index (χ0v) is 17.5. The summed E-state index contributed by atoms with van der Waals surface area (Å²) in [7, 11) is 0. The lowest BCUT2D eigenvalue weighted by Gasteiger charge is -2.19. The van der Waals surface area contributed by atoms with Gasteiger partial charge in [-0.25, -0.2) is 4.79 Å². The van der Waals surface area contributed by atoms with Gasteiger partial charge in [0, 0.05) is 18.7 Å². The number of benzene rings is 1. The van der Waals surface area contributed by atoms with Crippen molar-refractivity contribution in [2.24, 2.45) is 0 Å². The van der Waals surface area contributed by atoms with E-state index in [1.165, 1.54) is 0 Å². The number of carbonyl (C=O) groups excluding carboxylic acids is 3. The quantitative estimate of drug-likeness (QED) is 0.490. The molecule has 28 heavy (non-hydrogen) atoms. The second-order valence-electron chi connectivity index (χ2n) is 7.64. The Bertz CT molecular complexity index is 667. The number of nitrogens with one attached hydrogen (secondary N) is 2. The topological polar surface area (TPSA) is 93.7 Å². The SMILES string of the molecule is CC[C@H](C)c1ccccc1NC(=O)COC(=O)CCCNC(=O)OC(C)(C)C. The van der Waals surface area contributed by atoms with E-state index in [0.29, 0.717) is 18.9 Å². The molecule has 2 amide bonds. The van der Waals surface area contributed by atoms with E-state index in [9.17, 15) is 14.4 Å². The third-order valence-corrected chi connectivity index (χ3v) is 3.97. The lowest BCUT2D eigenvalue weighted by Crippen LogP contribution is -2.33. The zero-order chi connectivity index (χ0) is 21.2. The third-order valence-electron chi connectivity index (χ3n) is 3.97. The molecule has 1 aromatic carbocycles. The Kier molecular flexibility index (Phi) is 9.48. The second-order valence-corrected chi connectivity index (χ2v) is 7.64. The van der Waals surface area contributed by atoms with Crippen molar-refractivity contribution in [1.29, 1.82) is 0 Å². The molecule has 0 aliphatic carbocycles. The Hall–Kier alpha value is -2.57. The number of para-hydroxylation sites is 1. The minimum absolute atomic E-state index is 0.104. The first-order valence-electron chi connectivity index (χ1n) is 9.63. The maximum atomic E-state index is 12.1. The molecule has 0 heterocycles. The largest absolute Gasteiger partial charge is 0.456 e. The van der Waals surface area contributed by atoms with Crippen molar-refractivity contribution in [2.45, 2.75) is 65.4 Å². The van der Waals surface area contributed by atoms with Gasteiger partial charge >= 0.3 is 12.1 Å². The molecule has 0 aliphatic rings. The fourth-order valence-electron chi connectivity index (χ4n) is 2.40. The molecule has 0 unspecified atom stereocenters. The standard InChI is InChI=1S/C21H32N2O5/c1-6-15(2)16-10-7-8-11-17(16)23-18(24)14-27-19(25)12-9-13-22-20(26)28-21(3,4)5/h7-8,10-11,15H,6,9,12-14H2,1-5H3,(H,22,26)(H,23,24)/t15-/m0/s1. The lowest BCUT2D eigenvalue weighted by molar-refractivity contribution is -0.147. The predicted molar refractivity (Wildman–Crippen MR) is 108 cm³/mol. The summed E-state index contributed by atoms with van der Waals surface area (Å²) in [5, 5.41) is 5.36. The van der Waals surface area contributed by atoms with E-state index in [4.69, 9.17) is 9.47 Å². The molecule has 0 aromatic heterocycles. The van der Waals surface area contributed by atoms with Crippen LogP contribution >= 0.6 is 0 Å². The Morgan fingerprint density at radius 2 is 1.82 bits per heavy atom. The number of ether oxygens (including phenoxy) is 2. The number of hydrogen-bond acceptors (Lipinski definition) is 5. The van der Waals surface area contributed by atoms with E-state index >= 15 is 0 Å². The van der Waals surface area contributed by atoms with Crippen LogP contribution in [-0.4, -0.2) is 36.7 Å². The Balaban J connectivity index is 2.30. The first kappa shape index (κ1) is 23.5. The van der Waals surface area contributed by atoms with E-state index in [-0.39, 0.29) is 18.9 Å². The number of carbonyl (C=O) groups is 3. The maximum absolute atomic E-state index is 12.1. The van der Waals surface area contributed by atoms with Gasteiger partial charge in [-0.2, -0.15) is 0 Å². The van der Waals surface area contributed by atoms with Crippen molar-refractivity contribution in [3.63, 3.8) is 0 Å². The fourth-order valence-corrected chi connectivity index (χ4v) is 2.40. The summed E-state index contributed by atoms with van der Waals surface area (Å²) in [6, 6.07) is 7.60. The van der Waals surface area contributed by atoms with Gasteiger partial charge in [-0.1, -0.05) is 32.0 Å². The van der Waals surface area contributed by atoms with E-state index in [0.717, 1.165) is 17.7 Å². The summed E-state index contributed by atoms with van der Waals surface area (Å²) in [5.41, 5.74) is 1.22. The van der Waals surface area contributed by atoms with Crippen LogP contribution in [-0.2, 0) is 19.1 Å². The van der Waals surface area contributed by atoms with Gasteiger partial charge in [0.05, 0.1) is 0 Å². The summed E-state index contributed by atoms with van der Waals surface area (Å²) in [5.74, 6) is -0.552. The fraction of sp³-hybridized carbons (Fsp3) is 0.571. The molecule has 1 aromatic rings. The average molecular weight is 392 g/mol. The number of esters is 1. The highest BCUT2D eigenvalue weighted by Gasteiger charge is 2.16. The zero-order valence-electron chi connectivity index (χ0n) is 17.5. The smallest absolute Gasteiger partial charge is 0.407 e. The maximum Gasteiger partial charge on any atom is 0.407 e. The van der Waals surface area contributed by atoms with Crippen LogP contribution < -0.4 is 10.6 Å². The number of amides is 2. The molecule has 0 fully saturated rings. The number of rotatable bonds is 9. The van der Waals surface area contributed by atoms with E-state index in [1.807, 2.05) is 24.3 Å². The molecule has 0 bridgehead atoms. The van der Waals surface area contributed by atoms with Crippen LogP contribution in [0.5, 0.6) is 0 Å². The predicted octanol–water partition coefficient (Wildman–Crippen LogP) is 3.99. The van der Waals surface area contributed by atoms with Gasteiger partial charge in [0.25, 0.3) is 5.91 Å². The molecule has 0 saturated carbocycles. The lowest BCUT2D eigenvalue weighted by atomic mass is 9.97. The van der Waals surface area contributed by atoms with Gasteiger partial charge in [-0.05, 0) is 51.2 Å². The molecule has 2 N–H and O–H groups in total. The van der Waals surface area contributed by atoms with E-state index in [1.54, 1.807) is 20.8 Å². The number of hydrogen-bond donors (Lipinski definition) is 2. The van der Waals surface area contributed by atoms with Crippen molar-refractivity contribution in [3.05, 3.63) is 29.8 Å². The first-order valence-corrected chi connectivity index (χ1v) is 9.63. The molecule has 1 atom stereocenters. The molecular formula is C21H32N2O5. The molecule has 1 rings (SSSR count). The van der Waals surface area contributed by atoms with Crippen molar-refractivity contribution in [3.8, 4) is 0 Å². The van der Waals surface area contributed by atoms with Crippen molar-refractivity contribution in [1.82, 2.24) is 5.32 Å². The monoisotopic (exact) mass is 392 g/mol. The van der Waals surface area contributed by atoms with Crippen LogP contribution in [0.1, 0.15) is 65.4 Å². The van der Waals surface area contributed by atoms with E-state index in [2.05, 4.69) is 24.5 Å². The normalized spacial score (nSPS) is 12.0.